The van der Waals surface area contributed by atoms with Gasteiger partial charge in [-0.3, -0.25) is 58.9 Å². The number of benzene rings is 4. The molecule has 0 spiro atoms. The van der Waals surface area contributed by atoms with Crippen LogP contribution in [0.2, 0.25) is 10.0 Å². The van der Waals surface area contributed by atoms with Crippen LogP contribution in [0.5, 0.6) is 0 Å². The van der Waals surface area contributed by atoms with E-state index in [0.29, 0.717) is 176 Å². The Morgan fingerprint density at radius 3 is 1.37 bits per heavy atom. The lowest BCUT2D eigenvalue weighted by atomic mass is 9.83. The number of aliphatic imine (C=N–C) groups is 6. The highest BCUT2D eigenvalue weighted by Gasteiger charge is 2.47. The van der Waals surface area contributed by atoms with E-state index in [1.807, 2.05) is 25.5 Å². The maximum absolute atomic E-state index is 13.9. The first-order valence-electron chi connectivity index (χ1n) is 45.5. The summed E-state index contributed by atoms with van der Waals surface area (Å²) >= 11 is 26.9. The Bertz CT molecular complexity index is 6130. The molecule has 8 unspecified atom stereocenters. The molecule has 0 amide bonds. The summed E-state index contributed by atoms with van der Waals surface area (Å²) in [5.74, 6) is -4.65. The van der Waals surface area contributed by atoms with Crippen molar-refractivity contribution in [2.75, 3.05) is 125 Å². The molecule has 0 aliphatic carbocycles. The van der Waals surface area contributed by atoms with Gasteiger partial charge in [0.1, 0.15) is 47.9 Å². The molecule has 9 aliphatic heterocycles. The summed E-state index contributed by atoms with van der Waals surface area (Å²) in [5.41, 5.74) is 3.74. The van der Waals surface area contributed by atoms with Crippen LogP contribution in [0.4, 0.5) is 13.2 Å². The number of nitrogens with zero attached hydrogens (tertiary/aromatic N) is 14. The molecule has 142 heavy (non-hydrogen) atoms. The predicted octanol–water partition coefficient (Wildman–Crippen LogP) is 13.2. The van der Waals surface area contributed by atoms with Gasteiger partial charge in [0, 0.05) is 151 Å². The van der Waals surface area contributed by atoms with Gasteiger partial charge in [-0.15, -0.1) is 22.7 Å². The van der Waals surface area contributed by atoms with Crippen LogP contribution >= 0.6 is 105 Å². The second-order valence-electron chi connectivity index (χ2n) is 34.4. The predicted molar refractivity (Wildman–Crippen MR) is 539 cm³/mol. The van der Waals surface area contributed by atoms with Crippen LogP contribution in [-0.2, 0) is 66.7 Å². The number of amidine groups is 5. The number of hydrogen-bond donors (Lipinski definition) is 8. The normalized spacial score (nSPS) is 21.5. The summed E-state index contributed by atoms with van der Waals surface area (Å²) in [4.78, 5) is 137. The molecule has 758 valence electrons. The van der Waals surface area contributed by atoms with Crippen LogP contribution in [0.25, 0.3) is 0 Å². The van der Waals surface area contributed by atoms with Gasteiger partial charge in [0.15, 0.2) is 44.2 Å². The topological polar surface area (TPSA) is 452 Å². The summed E-state index contributed by atoms with van der Waals surface area (Å²) < 4.78 is 85.5. The molecule has 36 nitrogen and oxygen atoms in total. The quantitative estimate of drug-likeness (QED) is 0.0148. The van der Waals surface area contributed by atoms with Gasteiger partial charge in [-0.1, -0.05) is 102 Å². The van der Waals surface area contributed by atoms with Crippen molar-refractivity contribution >= 4 is 182 Å². The largest absolute Gasteiger partial charge is 0.481 e. The molecule has 0 saturated carbocycles. The number of ether oxygens (including phenoxy) is 7. The smallest absolute Gasteiger partial charge is 0.338 e. The molecular formula is C95H106Br3Cl2F3N18O18S3. The molecule has 4 fully saturated rings. The van der Waals surface area contributed by atoms with E-state index in [-0.39, 0.29) is 102 Å². The number of thiazole rings is 2. The zero-order valence-corrected chi connectivity index (χ0v) is 87.4. The van der Waals surface area contributed by atoms with Gasteiger partial charge < -0.3 is 74.9 Å². The van der Waals surface area contributed by atoms with Crippen LogP contribution in [-0.4, -0.2) is 291 Å². The Hall–Kier alpha value is -10.3. The monoisotopic (exact) mass is 2250 g/mol. The third kappa shape index (κ3) is 26.9. The number of halogens is 8. The lowest BCUT2D eigenvalue weighted by Gasteiger charge is -2.43. The SMILES string of the molecule is CCOC(=O)C1=C(CN2CCC[C@H]2C(C)(C)O)NC(C2=NCC=N2)=NC1c1ccc(F)cc1Br.CCOC(=O)C1=C(CN2CCOCC2C(C)(C)C(=O)O)NC(c2nccs2)=NC1c1ccc(F)cc1Br.CCOC(=O)C1=C(CN2CCOCC2C(C)C(=O)O)NC(c2nccs2)=NC1c1ccc(Cl)cc1Cl.CCOC(=O)C1=C(CN2CCOCC2CC(=O)O)NC(c2ncns2)=NC1c1ccc(F)cc1Br. The van der Waals surface area contributed by atoms with Crippen LogP contribution < -0.4 is 21.3 Å². The van der Waals surface area contributed by atoms with E-state index in [4.69, 9.17) is 76.3 Å². The van der Waals surface area contributed by atoms with E-state index in [1.165, 1.54) is 65.4 Å². The van der Waals surface area contributed by atoms with Crippen molar-refractivity contribution in [3.05, 3.63) is 226 Å². The van der Waals surface area contributed by atoms with E-state index >= 15 is 0 Å². The number of carboxylic acids is 3. The van der Waals surface area contributed by atoms with Crippen LogP contribution in [0, 0.1) is 28.8 Å². The third-order valence-corrected chi connectivity index (χ3v) is 29.2. The van der Waals surface area contributed by atoms with E-state index in [2.05, 4.69) is 103 Å². The maximum atomic E-state index is 13.9. The number of carbonyl (C=O) groups excluding carboxylic acids is 4. The number of aliphatic carboxylic acids is 3. The minimum absolute atomic E-state index is 0.0644. The zero-order chi connectivity index (χ0) is 102. The highest BCUT2D eigenvalue weighted by Crippen LogP contribution is 2.44. The van der Waals surface area contributed by atoms with Gasteiger partial charge in [0.25, 0.3) is 0 Å². The molecule has 0 bridgehead atoms. The first-order chi connectivity index (χ1) is 68.0. The lowest BCUT2D eigenvalue weighted by Crippen LogP contribution is -2.57. The molecule has 4 aromatic carbocycles. The summed E-state index contributed by atoms with van der Waals surface area (Å²) in [6.07, 6.45) is 8.12. The average molecular weight is 2250 g/mol. The minimum Gasteiger partial charge on any atom is -0.481 e. The van der Waals surface area contributed by atoms with Crippen molar-refractivity contribution < 1.29 is 100 Å². The molecule has 9 aliphatic rings. The minimum atomic E-state index is -1.11. The Morgan fingerprint density at radius 1 is 0.535 bits per heavy atom. The molecule has 0 radical (unpaired) electrons. The molecule has 7 aromatic rings. The number of nitrogens with one attached hydrogen (secondary N) is 4. The van der Waals surface area contributed by atoms with Crippen molar-refractivity contribution in [1.29, 1.82) is 0 Å². The van der Waals surface area contributed by atoms with Crippen molar-refractivity contribution in [2.45, 2.75) is 136 Å². The highest BCUT2D eigenvalue weighted by atomic mass is 79.9. The average Bonchev–Trinajstić information content (AvgIpc) is 0.921. The third-order valence-electron chi connectivity index (χ3n) is 24.4. The molecule has 8 N–H and O–H groups in total. The second kappa shape index (κ2) is 50.0. The fraction of sp³-hybridized carbons (Fsp3) is 0.442. The van der Waals surface area contributed by atoms with Crippen LogP contribution in [0.1, 0.15) is 143 Å². The van der Waals surface area contributed by atoms with E-state index in [1.54, 1.807) is 117 Å². The van der Waals surface area contributed by atoms with E-state index in [0.717, 1.165) is 30.9 Å². The maximum Gasteiger partial charge on any atom is 0.338 e. The summed E-state index contributed by atoms with van der Waals surface area (Å²) in [6, 6.07) is 13.3. The molecule has 4 saturated heterocycles. The van der Waals surface area contributed by atoms with Crippen LogP contribution in [0.15, 0.2) is 191 Å². The number of aliphatic hydroxyl groups is 1. The van der Waals surface area contributed by atoms with Crippen molar-refractivity contribution in [3.8, 4) is 0 Å². The number of carboxylic acid groups (broad SMARTS) is 3. The molecule has 9 atom stereocenters. The van der Waals surface area contributed by atoms with E-state index in [9.17, 15) is 67.2 Å². The Labute approximate surface area is 863 Å². The van der Waals surface area contributed by atoms with Gasteiger partial charge >= 0.3 is 41.8 Å². The Balaban J connectivity index is 0.000000159. The Morgan fingerprint density at radius 2 is 0.958 bits per heavy atom. The molecular weight excluding hydrogens is 2140 g/mol. The highest BCUT2D eigenvalue weighted by molar-refractivity contribution is 9.11. The Kier molecular flexibility index (Phi) is 38.3. The fourth-order valence-electron chi connectivity index (χ4n) is 17.3. The molecule has 16 rings (SSSR count). The fourth-order valence-corrected chi connectivity index (χ4v) is 21.2. The summed E-state index contributed by atoms with van der Waals surface area (Å²) in [7, 11) is 0. The zero-order valence-electron chi connectivity index (χ0n) is 78.7. The first-order valence-corrected chi connectivity index (χ1v) is 51.2. The van der Waals surface area contributed by atoms with Crippen molar-refractivity contribution in [1.82, 2.24) is 60.2 Å². The molecule has 3 aromatic heterocycles. The number of aromatic nitrogens is 4. The van der Waals surface area contributed by atoms with Gasteiger partial charge in [-0.05, 0) is 152 Å². The van der Waals surface area contributed by atoms with Gasteiger partial charge in [-0.2, -0.15) is 4.37 Å². The number of hydrogen-bond acceptors (Lipinski definition) is 36. The second-order valence-corrected chi connectivity index (χ2v) is 40.4. The summed E-state index contributed by atoms with van der Waals surface area (Å²) in [6.45, 7) is 22.0. The summed E-state index contributed by atoms with van der Waals surface area (Å²) in [5, 5.41) is 58.9. The van der Waals surface area contributed by atoms with Crippen LogP contribution in [0.3, 0.4) is 0 Å². The number of morpholine rings is 3. The van der Waals surface area contributed by atoms with Crippen molar-refractivity contribution in [2.24, 2.45) is 41.3 Å². The molecule has 12 heterocycles. The number of esters is 4. The standard InChI is InChI=1S/C25H28BrFN4O5S.C24H29BrFN5O3.C24H26Cl2N4O5S.C22H23BrFN5O5S/c1-4-36-23(32)19-17(12-31-8-9-35-13-18(31)25(2,3)24(33)34)29-21(22-28-7-10-37-22)30-20(19)15-6-5-14(27)11-16(15)26;1-4-34-23(32)19-17(13-31-11-5-6-18(31)24(2,3)33)29-22(21-27-9-10-28-21)30-20(19)15-8-7-14(26)12-16(15)25;1-3-35-24(33)19-17(11-30-7-8-34-12-18(30)13(2)23(31)32)28-21(22-27-6-9-36-22)29-20(19)15-5-4-14(25)10-16(15)26;1-2-34-22(32)18-16(9-29-5-6-33-10-13(29)8-17(30)31)27-20(21-25-11-26-35-21)28-19(18)14-4-3-12(24)7-15(14)23/h5-7,10-11,18,20H,4,8-9,12-13H2,1-3H3,(H,29,30)(H,33,34);7-9,12,18,20,33H,4-6,10-11,13H2,1-3H3,(H,29,30);4-6,9-10,13,18,20H,3,7-8,11-12H2,1-2H3,(H,28,29)(H,31,32);3-4,7,11,13,19H,2,5-6,8-10H2,1H3,(H,27,28)(H,30,31)/t;18-,20?;;/m.0../s1. The lowest BCUT2D eigenvalue weighted by molar-refractivity contribution is -0.156. The first kappa shape index (κ1) is 109. The number of carbonyl (C=O) groups is 7. The van der Waals surface area contributed by atoms with Gasteiger partial charge in [0.05, 0.1) is 118 Å². The van der Waals surface area contributed by atoms with E-state index < -0.39 is 106 Å². The van der Waals surface area contributed by atoms with Gasteiger partial charge in [-0.25, -0.2) is 52.3 Å². The number of likely N-dealkylation sites (tertiary alicyclic amines) is 1. The number of rotatable bonds is 31. The van der Waals surface area contributed by atoms with Crippen molar-refractivity contribution in [3.63, 3.8) is 0 Å². The van der Waals surface area contributed by atoms with Gasteiger partial charge in [0.2, 0.25) is 0 Å². The molecule has 47 heteroatoms.